The van der Waals surface area contributed by atoms with Gasteiger partial charge in [-0.3, -0.25) is 4.98 Å². The fraction of sp³-hybridized carbons (Fsp3) is 0.389. The zero-order chi connectivity index (χ0) is 15.5. The van der Waals surface area contributed by atoms with Crippen molar-refractivity contribution in [1.82, 2.24) is 9.97 Å². The SMILES string of the molecule is CCCC1CCc2nc(N)c(C#N)c(-c3ccccn3)c2C1. The molecule has 4 nitrogen and oxygen atoms in total. The molecule has 22 heavy (non-hydrogen) atoms. The summed E-state index contributed by atoms with van der Waals surface area (Å²) in [6.45, 7) is 2.22. The number of nitrogen functional groups attached to an aromatic ring is 1. The van der Waals surface area contributed by atoms with Crippen molar-refractivity contribution in [3.8, 4) is 17.3 Å². The van der Waals surface area contributed by atoms with Crippen molar-refractivity contribution in [3.63, 3.8) is 0 Å². The molecule has 0 fully saturated rings. The highest BCUT2D eigenvalue weighted by Crippen LogP contribution is 2.37. The number of nitriles is 1. The van der Waals surface area contributed by atoms with E-state index in [9.17, 15) is 5.26 Å². The lowest BCUT2D eigenvalue weighted by Crippen LogP contribution is -2.18. The molecule has 0 aromatic carbocycles. The Kier molecular flexibility index (Phi) is 4.06. The Morgan fingerprint density at radius 2 is 2.27 bits per heavy atom. The minimum Gasteiger partial charge on any atom is -0.383 e. The van der Waals surface area contributed by atoms with Crippen molar-refractivity contribution in [2.45, 2.75) is 39.0 Å². The van der Waals surface area contributed by atoms with Crippen molar-refractivity contribution >= 4 is 5.82 Å². The standard InChI is InChI=1S/C18H20N4/c1-2-5-12-7-8-15-13(10-12)17(14(11-19)18(20)22-15)16-6-3-4-9-21-16/h3-4,6,9,12H,2,5,7-8,10H2,1H3,(H2,20,22). The van der Waals surface area contributed by atoms with Gasteiger partial charge in [-0.2, -0.15) is 5.26 Å². The molecule has 1 aliphatic rings. The lowest BCUT2D eigenvalue weighted by Gasteiger charge is -2.26. The van der Waals surface area contributed by atoms with Gasteiger partial charge in [0.05, 0.1) is 5.69 Å². The van der Waals surface area contributed by atoms with E-state index in [1.807, 2.05) is 18.2 Å². The van der Waals surface area contributed by atoms with Crippen LogP contribution in [0.2, 0.25) is 0 Å². The Labute approximate surface area is 131 Å². The van der Waals surface area contributed by atoms with Crippen LogP contribution in [-0.2, 0) is 12.8 Å². The number of aromatic nitrogens is 2. The van der Waals surface area contributed by atoms with E-state index in [0.29, 0.717) is 17.3 Å². The van der Waals surface area contributed by atoms with Crippen LogP contribution in [0.25, 0.3) is 11.3 Å². The van der Waals surface area contributed by atoms with Gasteiger partial charge in [0.2, 0.25) is 0 Å². The topological polar surface area (TPSA) is 75.6 Å². The number of anilines is 1. The van der Waals surface area contributed by atoms with Gasteiger partial charge in [0.25, 0.3) is 0 Å². The molecule has 2 aromatic heterocycles. The van der Waals surface area contributed by atoms with Crippen molar-refractivity contribution in [2.75, 3.05) is 5.73 Å². The predicted octanol–water partition coefficient (Wildman–Crippen LogP) is 3.50. The molecule has 1 atom stereocenters. The number of pyridine rings is 2. The molecule has 0 amide bonds. The van der Waals surface area contributed by atoms with Crippen LogP contribution in [-0.4, -0.2) is 9.97 Å². The van der Waals surface area contributed by atoms with Gasteiger partial charge >= 0.3 is 0 Å². The third-order valence-electron chi connectivity index (χ3n) is 4.42. The molecule has 1 unspecified atom stereocenters. The maximum atomic E-state index is 9.53. The number of hydrogen-bond acceptors (Lipinski definition) is 4. The van der Waals surface area contributed by atoms with Crippen LogP contribution >= 0.6 is 0 Å². The minimum atomic E-state index is 0.329. The van der Waals surface area contributed by atoms with Crippen molar-refractivity contribution < 1.29 is 0 Å². The van der Waals surface area contributed by atoms with Gasteiger partial charge < -0.3 is 5.73 Å². The van der Waals surface area contributed by atoms with Gasteiger partial charge in [-0.15, -0.1) is 0 Å². The zero-order valence-corrected chi connectivity index (χ0v) is 12.8. The molecule has 112 valence electrons. The fourth-order valence-electron chi connectivity index (χ4n) is 3.41. The fourth-order valence-corrected chi connectivity index (χ4v) is 3.41. The van der Waals surface area contributed by atoms with Gasteiger partial charge in [0, 0.05) is 17.5 Å². The van der Waals surface area contributed by atoms with Crippen LogP contribution < -0.4 is 5.73 Å². The Bertz CT molecular complexity index is 716. The monoisotopic (exact) mass is 292 g/mol. The highest BCUT2D eigenvalue weighted by atomic mass is 14.9. The molecular formula is C18H20N4. The van der Waals surface area contributed by atoms with Crippen LogP contribution in [0.5, 0.6) is 0 Å². The van der Waals surface area contributed by atoms with Crippen LogP contribution in [0, 0.1) is 17.2 Å². The minimum absolute atomic E-state index is 0.329. The molecular weight excluding hydrogens is 272 g/mol. The second-order valence-corrected chi connectivity index (χ2v) is 5.90. The maximum Gasteiger partial charge on any atom is 0.142 e. The Morgan fingerprint density at radius 3 is 2.95 bits per heavy atom. The quantitative estimate of drug-likeness (QED) is 0.939. The molecule has 0 radical (unpaired) electrons. The summed E-state index contributed by atoms with van der Waals surface area (Å²) in [5.41, 5.74) is 10.4. The lowest BCUT2D eigenvalue weighted by molar-refractivity contribution is 0.419. The Morgan fingerprint density at radius 1 is 1.41 bits per heavy atom. The smallest absolute Gasteiger partial charge is 0.142 e. The first-order valence-electron chi connectivity index (χ1n) is 7.87. The molecule has 1 aliphatic carbocycles. The van der Waals surface area contributed by atoms with E-state index in [0.717, 1.165) is 36.2 Å². The zero-order valence-electron chi connectivity index (χ0n) is 12.8. The summed E-state index contributed by atoms with van der Waals surface area (Å²) in [5.74, 6) is 0.993. The van der Waals surface area contributed by atoms with Crippen molar-refractivity contribution in [1.29, 1.82) is 5.26 Å². The van der Waals surface area contributed by atoms with Gasteiger partial charge in [0.1, 0.15) is 17.5 Å². The lowest BCUT2D eigenvalue weighted by atomic mass is 9.80. The van der Waals surface area contributed by atoms with E-state index in [-0.39, 0.29) is 0 Å². The van der Waals surface area contributed by atoms with E-state index >= 15 is 0 Å². The molecule has 0 bridgehead atoms. The summed E-state index contributed by atoms with van der Waals surface area (Å²) in [6, 6.07) is 8.00. The molecule has 2 N–H and O–H groups in total. The molecule has 0 aliphatic heterocycles. The second kappa shape index (κ2) is 6.15. The van der Waals surface area contributed by atoms with Gasteiger partial charge in [0.15, 0.2) is 0 Å². The second-order valence-electron chi connectivity index (χ2n) is 5.90. The Balaban J connectivity index is 2.18. The molecule has 4 heteroatoms. The maximum absolute atomic E-state index is 9.53. The van der Waals surface area contributed by atoms with Crippen molar-refractivity contribution in [2.24, 2.45) is 5.92 Å². The van der Waals surface area contributed by atoms with E-state index in [4.69, 9.17) is 5.73 Å². The largest absolute Gasteiger partial charge is 0.383 e. The summed E-state index contributed by atoms with van der Waals surface area (Å²) in [4.78, 5) is 8.94. The number of nitrogens with two attached hydrogens (primary N) is 1. The number of rotatable bonds is 3. The van der Waals surface area contributed by atoms with Crippen LogP contribution in [0.15, 0.2) is 24.4 Å². The number of nitrogens with zero attached hydrogens (tertiary/aromatic N) is 3. The van der Waals surface area contributed by atoms with E-state index in [2.05, 4.69) is 23.0 Å². The highest BCUT2D eigenvalue weighted by molar-refractivity contribution is 5.77. The summed E-state index contributed by atoms with van der Waals surface area (Å²) in [6.07, 6.45) is 7.22. The van der Waals surface area contributed by atoms with Crippen molar-refractivity contribution in [3.05, 3.63) is 41.2 Å². The first kappa shape index (κ1) is 14.5. The van der Waals surface area contributed by atoms with Crippen LogP contribution in [0.1, 0.15) is 43.0 Å². The van der Waals surface area contributed by atoms with Gasteiger partial charge in [-0.05, 0) is 42.9 Å². The summed E-state index contributed by atoms with van der Waals surface area (Å²) in [7, 11) is 0. The third kappa shape index (κ3) is 2.55. The molecule has 0 saturated carbocycles. The van der Waals surface area contributed by atoms with Crippen LogP contribution in [0.4, 0.5) is 5.82 Å². The summed E-state index contributed by atoms with van der Waals surface area (Å²) in [5, 5.41) is 9.53. The number of aryl methyl sites for hydroxylation is 1. The Hall–Kier alpha value is -2.41. The highest BCUT2D eigenvalue weighted by Gasteiger charge is 2.26. The summed E-state index contributed by atoms with van der Waals surface area (Å²) >= 11 is 0. The molecule has 0 spiro atoms. The molecule has 0 saturated heterocycles. The average molecular weight is 292 g/mol. The van der Waals surface area contributed by atoms with E-state index in [1.165, 1.54) is 18.4 Å². The first-order valence-corrected chi connectivity index (χ1v) is 7.87. The van der Waals surface area contributed by atoms with E-state index in [1.54, 1.807) is 6.20 Å². The molecule has 2 aromatic rings. The first-order chi connectivity index (χ1) is 10.7. The molecule has 3 rings (SSSR count). The van der Waals surface area contributed by atoms with E-state index < -0.39 is 0 Å². The predicted molar refractivity (Wildman–Crippen MR) is 87.0 cm³/mol. The normalized spacial score (nSPS) is 16.8. The number of hydrogen-bond donors (Lipinski definition) is 1. The van der Waals surface area contributed by atoms with Gasteiger partial charge in [-0.1, -0.05) is 25.8 Å². The number of fused-ring (bicyclic) bond motifs is 1. The van der Waals surface area contributed by atoms with Crippen LogP contribution in [0.3, 0.4) is 0 Å². The average Bonchev–Trinajstić information content (AvgIpc) is 2.55. The third-order valence-corrected chi connectivity index (χ3v) is 4.42. The molecule has 2 heterocycles. The van der Waals surface area contributed by atoms with Gasteiger partial charge in [-0.25, -0.2) is 4.98 Å². The summed E-state index contributed by atoms with van der Waals surface area (Å²) < 4.78 is 0.